The van der Waals surface area contributed by atoms with Crippen LogP contribution in [0.1, 0.15) is 16.7 Å². The minimum atomic E-state index is -4.41. The Labute approximate surface area is 118 Å². The highest BCUT2D eigenvalue weighted by atomic mass is 19.4. The Balaban J connectivity index is 2.10. The first-order valence-corrected chi connectivity index (χ1v) is 6.08. The van der Waals surface area contributed by atoms with Gasteiger partial charge in [-0.25, -0.2) is 4.39 Å². The van der Waals surface area contributed by atoms with E-state index in [-0.39, 0.29) is 17.9 Å². The molecule has 112 valence electrons. The molecule has 0 bridgehead atoms. The Morgan fingerprint density at radius 1 is 1.05 bits per heavy atom. The van der Waals surface area contributed by atoms with Gasteiger partial charge < -0.3 is 9.84 Å². The number of aliphatic hydroxyl groups excluding tert-OH is 1. The van der Waals surface area contributed by atoms with E-state index in [0.29, 0.717) is 5.56 Å². The first-order valence-electron chi connectivity index (χ1n) is 6.08. The van der Waals surface area contributed by atoms with Gasteiger partial charge in [-0.15, -0.1) is 0 Å². The summed E-state index contributed by atoms with van der Waals surface area (Å²) in [5.41, 5.74) is -0.338. The predicted molar refractivity (Wildman–Crippen MR) is 68.1 cm³/mol. The van der Waals surface area contributed by atoms with E-state index < -0.39 is 24.2 Å². The Hall–Kier alpha value is -2.08. The van der Waals surface area contributed by atoms with Crippen molar-refractivity contribution >= 4 is 0 Å². The zero-order valence-electron chi connectivity index (χ0n) is 10.8. The summed E-state index contributed by atoms with van der Waals surface area (Å²) in [7, 11) is 0. The van der Waals surface area contributed by atoms with Gasteiger partial charge in [-0.2, -0.15) is 13.2 Å². The zero-order valence-corrected chi connectivity index (χ0v) is 10.8. The third-order valence-electron chi connectivity index (χ3n) is 2.85. The fourth-order valence-electron chi connectivity index (χ4n) is 1.77. The number of alkyl halides is 3. The molecule has 0 unspecified atom stereocenters. The van der Waals surface area contributed by atoms with E-state index in [2.05, 4.69) is 0 Å². The molecule has 0 aliphatic carbocycles. The van der Waals surface area contributed by atoms with Gasteiger partial charge in [-0.1, -0.05) is 12.1 Å². The van der Waals surface area contributed by atoms with Crippen molar-refractivity contribution in [1.29, 1.82) is 0 Å². The second kappa shape index (κ2) is 6.13. The van der Waals surface area contributed by atoms with Crippen LogP contribution in [0.5, 0.6) is 5.75 Å². The number of halogens is 4. The molecule has 0 fully saturated rings. The lowest BCUT2D eigenvalue weighted by atomic mass is 10.1. The number of hydrogen-bond donors (Lipinski definition) is 1. The summed E-state index contributed by atoms with van der Waals surface area (Å²) in [5, 5.41) is 8.93. The Bertz CT molecular complexity index is 623. The van der Waals surface area contributed by atoms with Gasteiger partial charge in [0.15, 0.2) is 0 Å². The van der Waals surface area contributed by atoms with Crippen molar-refractivity contribution in [3.8, 4) is 5.75 Å². The molecule has 2 aromatic rings. The molecule has 0 atom stereocenters. The minimum Gasteiger partial charge on any atom is -0.489 e. The molecule has 0 spiro atoms. The first kappa shape index (κ1) is 15.3. The maximum absolute atomic E-state index is 13.2. The third-order valence-corrected chi connectivity index (χ3v) is 2.85. The molecule has 0 aromatic heterocycles. The third kappa shape index (κ3) is 3.95. The topological polar surface area (TPSA) is 29.5 Å². The minimum absolute atomic E-state index is 0.0662. The van der Waals surface area contributed by atoms with Gasteiger partial charge in [0.2, 0.25) is 0 Å². The van der Waals surface area contributed by atoms with Gasteiger partial charge in [-0.05, 0) is 35.9 Å². The highest BCUT2D eigenvalue weighted by molar-refractivity contribution is 5.30. The summed E-state index contributed by atoms with van der Waals surface area (Å²) < 4.78 is 56.2. The molecule has 21 heavy (non-hydrogen) atoms. The molecule has 2 rings (SSSR count). The highest BCUT2D eigenvalue weighted by Crippen LogP contribution is 2.29. The maximum Gasteiger partial charge on any atom is 0.416 e. The van der Waals surface area contributed by atoms with Crippen molar-refractivity contribution in [3.05, 3.63) is 65.0 Å². The summed E-state index contributed by atoms with van der Waals surface area (Å²) in [6.45, 7) is -0.562. The lowest BCUT2D eigenvalue weighted by Crippen LogP contribution is -2.06. The van der Waals surface area contributed by atoms with Crippen molar-refractivity contribution < 1.29 is 27.4 Å². The molecule has 1 N–H and O–H groups in total. The smallest absolute Gasteiger partial charge is 0.416 e. The van der Waals surface area contributed by atoms with E-state index in [1.54, 1.807) is 0 Å². The summed E-state index contributed by atoms with van der Waals surface area (Å²) >= 11 is 0. The van der Waals surface area contributed by atoms with E-state index in [0.717, 1.165) is 18.2 Å². The highest BCUT2D eigenvalue weighted by Gasteiger charge is 2.30. The van der Waals surface area contributed by atoms with Gasteiger partial charge >= 0.3 is 6.18 Å². The van der Waals surface area contributed by atoms with Gasteiger partial charge in [0.1, 0.15) is 18.2 Å². The molecular formula is C15H12F4O2. The molecule has 0 saturated carbocycles. The molecule has 0 radical (unpaired) electrons. The molecule has 2 nitrogen and oxygen atoms in total. The maximum atomic E-state index is 13.2. The van der Waals surface area contributed by atoms with Crippen molar-refractivity contribution in [2.75, 3.05) is 0 Å². The standard InChI is InChI=1S/C15H12F4O2/c16-14-5-4-13(7-11(14)8-20)21-9-10-2-1-3-12(6-10)15(17,18)19/h1-7,20H,8-9H2. The van der Waals surface area contributed by atoms with Crippen molar-refractivity contribution in [2.24, 2.45) is 0 Å². The predicted octanol–water partition coefficient (Wildman–Crippen LogP) is 3.92. The molecule has 6 heteroatoms. The second-order valence-electron chi connectivity index (χ2n) is 4.40. The van der Waals surface area contributed by atoms with Gasteiger partial charge in [0.25, 0.3) is 0 Å². The quantitative estimate of drug-likeness (QED) is 0.867. The van der Waals surface area contributed by atoms with Crippen LogP contribution >= 0.6 is 0 Å². The monoisotopic (exact) mass is 300 g/mol. The van der Waals surface area contributed by atoms with E-state index >= 15 is 0 Å². The average molecular weight is 300 g/mol. The molecule has 0 amide bonds. The largest absolute Gasteiger partial charge is 0.489 e. The number of hydrogen-bond acceptors (Lipinski definition) is 2. The summed E-state index contributed by atoms with van der Waals surface area (Å²) in [6.07, 6.45) is -4.41. The van der Waals surface area contributed by atoms with Gasteiger partial charge in [-0.3, -0.25) is 0 Å². The summed E-state index contributed by atoms with van der Waals surface area (Å²) in [5.74, 6) is -0.290. The van der Waals surface area contributed by atoms with E-state index in [9.17, 15) is 17.6 Å². The van der Waals surface area contributed by atoms with Crippen LogP contribution in [0.2, 0.25) is 0 Å². The van der Waals surface area contributed by atoms with Crippen LogP contribution in [0.3, 0.4) is 0 Å². The normalized spacial score (nSPS) is 11.5. The lowest BCUT2D eigenvalue weighted by molar-refractivity contribution is -0.137. The van der Waals surface area contributed by atoms with Crippen LogP contribution in [0, 0.1) is 5.82 Å². The van der Waals surface area contributed by atoms with Crippen LogP contribution in [0.15, 0.2) is 42.5 Å². The van der Waals surface area contributed by atoms with Crippen LogP contribution in [-0.4, -0.2) is 5.11 Å². The van der Waals surface area contributed by atoms with E-state index in [4.69, 9.17) is 9.84 Å². The molecular weight excluding hydrogens is 288 g/mol. The number of benzene rings is 2. The van der Waals surface area contributed by atoms with Gasteiger partial charge in [0.05, 0.1) is 12.2 Å². The van der Waals surface area contributed by atoms with Gasteiger partial charge in [0, 0.05) is 5.56 Å². The summed E-state index contributed by atoms with van der Waals surface area (Å²) in [6, 6.07) is 8.57. The molecule has 0 heterocycles. The fraction of sp³-hybridized carbons (Fsp3) is 0.200. The Kier molecular flexibility index (Phi) is 4.47. The molecule has 2 aromatic carbocycles. The Morgan fingerprint density at radius 3 is 2.48 bits per heavy atom. The van der Waals surface area contributed by atoms with Crippen LogP contribution in [-0.2, 0) is 19.4 Å². The number of ether oxygens (including phenoxy) is 1. The van der Waals surface area contributed by atoms with Crippen LogP contribution < -0.4 is 4.74 Å². The van der Waals surface area contributed by atoms with Crippen LogP contribution in [0.25, 0.3) is 0 Å². The number of rotatable bonds is 4. The second-order valence-corrected chi connectivity index (χ2v) is 4.40. The van der Waals surface area contributed by atoms with Crippen LogP contribution in [0.4, 0.5) is 17.6 Å². The SMILES string of the molecule is OCc1cc(OCc2cccc(C(F)(F)F)c2)ccc1F. The summed E-state index contributed by atoms with van der Waals surface area (Å²) in [4.78, 5) is 0. The first-order chi connectivity index (χ1) is 9.90. The molecule has 0 aliphatic rings. The average Bonchev–Trinajstić information content (AvgIpc) is 2.46. The molecule has 0 aliphatic heterocycles. The fourth-order valence-corrected chi connectivity index (χ4v) is 1.77. The lowest BCUT2D eigenvalue weighted by Gasteiger charge is -2.10. The number of aliphatic hydroxyl groups is 1. The van der Waals surface area contributed by atoms with Crippen molar-refractivity contribution in [2.45, 2.75) is 19.4 Å². The Morgan fingerprint density at radius 2 is 1.81 bits per heavy atom. The molecule has 0 saturated heterocycles. The van der Waals surface area contributed by atoms with E-state index in [1.807, 2.05) is 0 Å². The van der Waals surface area contributed by atoms with Crippen molar-refractivity contribution in [3.63, 3.8) is 0 Å². The zero-order chi connectivity index (χ0) is 15.5. The van der Waals surface area contributed by atoms with E-state index in [1.165, 1.54) is 24.3 Å². The van der Waals surface area contributed by atoms with Crippen molar-refractivity contribution in [1.82, 2.24) is 0 Å².